The van der Waals surface area contributed by atoms with Gasteiger partial charge >= 0.3 is 5.97 Å². The minimum Gasteiger partial charge on any atom is -0.490 e. The van der Waals surface area contributed by atoms with Gasteiger partial charge in [0.2, 0.25) is 0 Å². The van der Waals surface area contributed by atoms with Crippen molar-refractivity contribution in [2.45, 2.75) is 45.1 Å². The molecule has 5 nitrogen and oxygen atoms in total. The summed E-state index contributed by atoms with van der Waals surface area (Å²) < 4.78 is 11.9. The number of rotatable bonds is 6. The molecule has 2 heterocycles. The van der Waals surface area contributed by atoms with E-state index in [2.05, 4.69) is 0 Å². The van der Waals surface area contributed by atoms with Crippen molar-refractivity contribution in [3.05, 3.63) is 51.1 Å². The Bertz CT molecular complexity index is 1010. The summed E-state index contributed by atoms with van der Waals surface area (Å²) in [7, 11) is 0. The summed E-state index contributed by atoms with van der Waals surface area (Å²) in [5.41, 5.74) is 0.795. The fraction of sp³-hybridized carbons (Fsp3) is 0.348. The molecule has 2 fully saturated rings. The molecule has 0 radical (unpaired) electrons. The van der Waals surface area contributed by atoms with E-state index in [1.54, 1.807) is 29.2 Å². The van der Waals surface area contributed by atoms with Gasteiger partial charge in [0.05, 0.1) is 11.5 Å². The number of thiocarbonyl (C=S) groups is 1. The minimum absolute atomic E-state index is 0.0203. The zero-order valence-corrected chi connectivity index (χ0v) is 19.6. The molecule has 2 aromatic rings. The lowest BCUT2D eigenvalue weighted by Gasteiger charge is -2.29. The quantitative estimate of drug-likeness (QED) is 0.225. The van der Waals surface area contributed by atoms with Crippen molar-refractivity contribution in [2.75, 3.05) is 6.61 Å². The van der Waals surface area contributed by atoms with E-state index in [-0.39, 0.29) is 11.9 Å². The van der Waals surface area contributed by atoms with Gasteiger partial charge in [0, 0.05) is 6.04 Å². The van der Waals surface area contributed by atoms with Crippen LogP contribution in [0.15, 0.2) is 40.6 Å². The summed E-state index contributed by atoms with van der Waals surface area (Å²) in [6.07, 6.45) is 7.37. The molecule has 31 heavy (non-hydrogen) atoms. The summed E-state index contributed by atoms with van der Waals surface area (Å²) in [5.74, 6) is 0.376. The van der Waals surface area contributed by atoms with Gasteiger partial charge in [0.15, 0.2) is 11.5 Å². The van der Waals surface area contributed by atoms with E-state index in [9.17, 15) is 9.59 Å². The normalized spacial score (nSPS) is 18.6. The number of esters is 1. The summed E-state index contributed by atoms with van der Waals surface area (Å²) in [6, 6.07) is 9.03. The van der Waals surface area contributed by atoms with Crippen molar-refractivity contribution in [1.29, 1.82) is 0 Å². The first-order chi connectivity index (χ1) is 15.1. The predicted octanol–water partition coefficient (Wildman–Crippen LogP) is 5.90. The second kappa shape index (κ2) is 9.97. The van der Waals surface area contributed by atoms with Crippen LogP contribution in [0.5, 0.6) is 11.5 Å². The topological polar surface area (TPSA) is 55.8 Å². The minimum atomic E-state index is -0.419. The van der Waals surface area contributed by atoms with Crippen LogP contribution in [-0.2, 0) is 4.79 Å². The first kappa shape index (κ1) is 22.0. The highest BCUT2D eigenvalue weighted by Crippen LogP contribution is 2.38. The first-order valence-corrected chi connectivity index (χ1v) is 12.5. The molecule has 0 N–H and O–H groups in total. The molecular formula is C23H23NO4S3. The molecule has 1 saturated heterocycles. The maximum Gasteiger partial charge on any atom is 0.353 e. The van der Waals surface area contributed by atoms with Crippen LogP contribution in [0, 0.1) is 0 Å². The number of ether oxygens (including phenoxy) is 2. The number of hydrogen-bond donors (Lipinski definition) is 0. The fourth-order valence-corrected chi connectivity index (χ4v) is 5.80. The lowest BCUT2D eigenvalue weighted by atomic mass is 9.94. The number of carbonyl (C=O) groups excluding carboxylic acids is 2. The number of thiophene rings is 1. The summed E-state index contributed by atoms with van der Waals surface area (Å²) in [6.45, 7) is 2.30. The summed E-state index contributed by atoms with van der Waals surface area (Å²) in [5, 5.41) is 1.83. The smallest absolute Gasteiger partial charge is 0.353 e. The highest BCUT2D eigenvalue weighted by atomic mass is 32.2. The molecule has 1 saturated carbocycles. The third-order valence-electron chi connectivity index (χ3n) is 5.25. The second-order valence-corrected chi connectivity index (χ2v) is 9.97. The second-order valence-electron chi connectivity index (χ2n) is 7.35. The maximum absolute atomic E-state index is 13.0. The number of benzene rings is 1. The summed E-state index contributed by atoms with van der Waals surface area (Å²) >= 11 is 8.18. The number of hydrogen-bond acceptors (Lipinski definition) is 7. The Kier molecular flexibility index (Phi) is 7.09. The molecule has 0 bridgehead atoms. The van der Waals surface area contributed by atoms with Crippen LogP contribution in [0.4, 0.5) is 0 Å². The zero-order chi connectivity index (χ0) is 21.8. The van der Waals surface area contributed by atoms with Crippen molar-refractivity contribution in [1.82, 2.24) is 4.90 Å². The van der Waals surface area contributed by atoms with Crippen molar-refractivity contribution in [2.24, 2.45) is 0 Å². The highest BCUT2D eigenvalue weighted by molar-refractivity contribution is 8.26. The molecule has 0 unspecified atom stereocenters. The molecule has 1 amide bonds. The molecule has 0 spiro atoms. The Morgan fingerprint density at radius 2 is 2.03 bits per heavy atom. The van der Waals surface area contributed by atoms with Gasteiger partial charge in [-0.05, 0) is 55.0 Å². The lowest BCUT2D eigenvalue weighted by Crippen LogP contribution is -2.39. The number of amides is 1. The van der Waals surface area contributed by atoms with Crippen LogP contribution < -0.4 is 9.47 Å². The molecule has 8 heteroatoms. The van der Waals surface area contributed by atoms with E-state index in [0.29, 0.717) is 32.2 Å². The Labute approximate surface area is 195 Å². The van der Waals surface area contributed by atoms with Gasteiger partial charge in [-0.25, -0.2) is 4.79 Å². The van der Waals surface area contributed by atoms with Crippen LogP contribution in [0.3, 0.4) is 0 Å². The van der Waals surface area contributed by atoms with E-state index in [1.165, 1.54) is 29.5 Å². The predicted molar refractivity (Wildman–Crippen MR) is 129 cm³/mol. The first-order valence-electron chi connectivity index (χ1n) is 10.4. The molecule has 0 atom stereocenters. The van der Waals surface area contributed by atoms with E-state index in [1.807, 2.05) is 24.4 Å². The molecule has 1 aliphatic carbocycles. The zero-order valence-electron chi connectivity index (χ0n) is 17.2. The maximum atomic E-state index is 13.0. The molecule has 1 aromatic heterocycles. The Balaban J connectivity index is 1.54. The largest absolute Gasteiger partial charge is 0.490 e. The van der Waals surface area contributed by atoms with Crippen molar-refractivity contribution in [3.63, 3.8) is 0 Å². The van der Waals surface area contributed by atoms with Crippen molar-refractivity contribution < 1.29 is 19.1 Å². The van der Waals surface area contributed by atoms with Crippen molar-refractivity contribution in [3.8, 4) is 11.5 Å². The van der Waals surface area contributed by atoms with Gasteiger partial charge < -0.3 is 9.47 Å². The molecule has 4 rings (SSSR count). The van der Waals surface area contributed by atoms with E-state index in [4.69, 9.17) is 21.7 Å². The average molecular weight is 474 g/mol. The van der Waals surface area contributed by atoms with Gasteiger partial charge in [0.25, 0.3) is 5.91 Å². The molecule has 2 aliphatic rings. The SMILES string of the molecule is CCOc1cc(C=C2SC(=S)N(C3CCCCC3)C2=O)ccc1OC(=O)c1cccs1. The van der Waals surface area contributed by atoms with Gasteiger partial charge in [0.1, 0.15) is 9.20 Å². The average Bonchev–Trinajstić information content (AvgIpc) is 3.39. The van der Waals surface area contributed by atoms with Crippen LogP contribution in [-0.4, -0.2) is 33.7 Å². The van der Waals surface area contributed by atoms with Crippen LogP contribution in [0.2, 0.25) is 0 Å². The molecule has 1 aromatic carbocycles. The molecule has 162 valence electrons. The standard InChI is InChI=1S/C23H23NO4S3/c1-2-27-18-13-15(10-11-17(18)28-22(26)19-9-6-12-30-19)14-20-21(25)24(23(29)31-20)16-7-4-3-5-8-16/h6,9-14,16H,2-5,7-8H2,1H3. The monoisotopic (exact) mass is 473 g/mol. The van der Waals surface area contributed by atoms with Gasteiger partial charge in [-0.2, -0.15) is 0 Å². The fourth-order valence-electron chi connectivity index (χ4n) is 3.80. The van der Waals surface area contributed by atoms with Gasteiger partial charge in [-0.3, -0.25) is 9.69 Å². The van der Waals surface area contributed by atoms with Gasteiger partial charge in [-0.1, -0.05) is 55.4 Å². The molecular weight excluding hydrogens is 450 g/mol. The third-order valence-corrected chi connectivity index (χ3v) is 7.43. The highest BCUT2D eigenvalue weighted by Gasteiger charge is 2.37. The number of nitrogens with zero attached hydrogens (tertiary/aromatic N) is 1. The number of carbonyl (C=O) groups is 2. The van der Waals surface area contributed by atoms with Crippen LogP contribution in [0.1, 0.15) is 54.3 Å². The third kappa shape index (κ3) is 5.02. The van der Waals surface area contributed by atoms with E-state index >= 15 is 0 Å². The molecule has 1 aliphatic heterocycles. The Morgan fingerprint density at radius 3 is 2.74 bits per heavy atom. The van der Waals surface area contributed by atoms with Crippen molar-refractivity contribution >= 4 is 57.6 Å². The van der Waals surface area contributed by atoms with E-state index < -0.39 is 5.97 Å². The van der Waals surface area contributed by atoms with E-state index in [0.717, 1.165) is 31.2 Å². The Morgan fingerprint density at radius 1 is 1.23 bits per heavy atom. The van der Waals surface area contributed by atoms with Gasteiger partial charge in [-0.15, -0.1) is 11.3 Å². The Hall–Kier alpha value is -2.16. The lowest BCUT2D eigenvalue weighted by molar-refractivity contribution is -0.124. The van der Waals surface area contributed by atoms with Crippen LogP contribution in [0.25, 0.3) is 6.08 Å². The summed E-state index contributed by atoms with van der Waals surface area (Å²) in [4.78, 5) is 28.3. The number of thioether (sulfide) groups is 1. The van der Waals surface area contributed by atoms with Crippen LogP contribution >= 0.6 is 35.3 Å².